The molecule has 0 saturated carbocycles. The fourth-order valence-electron chi connectivity index (χ4n) is 4.40. The highest BCUT2D eigenvalue weighted by Crippen LogP contribution is 2.44. The first-order valence-corrected chi connectivity index (χ1v) is 10.4. The number of benzene rings is 2. The molecule has 0 spiro atoms. The second-order valence-corrected chi connectivity index (χ2v) is 7.91. The molecule has 0 radical (unpaired) electrons. The van der Waals surface area contributed by atoms with E-state index in [-0.39, 0.29) is 24.5 Å². The van der Waals surface area contributed by atoms with Crippen LogP contribution in [0.5, 0.6) is 5.75 Å². The first-order valence-electron chi connectivity index (χ1n) is 10.4. The van der Waals surface area contributed by atoms with Crippen molar-refractivity contribution in [2.75, 3.05) is 17.7 Å². The third-order valence-corrected chi connectivity index (χ3v) is 5.86. The van der Waals surface area contributed by atoms with E-state index >= 15 is 0 Å². The number of pyridine rings is 1. The lowest BCUT2D eigenvalue weighted by Gasteiger charge is -2.33. The van der Waals surface area contributed by atoms with Gasteiger partial charge in [-0.2, -0.15) is 18.2 Å². The standard InChI is InChI=1S/C24H21F3N4O2/c1-32-19-5-2-4-14-8-11-18(22(14)19)31(21-7-3-6-20(30-21)24(25,26)27)23-29-17-10-9-16(28)12-15(17)13-33-23/h2-7,9-10,12,18H,8,11,13,28H2,1H3. The summed E-state index contributed by atoms with van der Waals surface area (Å²) >= 11 is 0. The van der Waals surface area contributed by atoms with Crippen molar-refractivity contribution in [1.29, 1.82) is 0 Å². The van der Waals surface area contributed by atoms with E-state index in [2.05, 4.69) is 9.98 Å². The normalized spacial score (nSPS) is 17.0. The van der Waals surface area contributed by atoms with Crippen LogP contribution in [0.25, 0.3) is 0 Å². The first-order chi connectivity index (χ1) is 15.8. The van der Waals surface area contributed by atoms with Gasteiger partial charge in [0.15, 0.2) is 0 Å². The zero-order valence-electron chi connectivity index (χ0n) is 17.8. The zero-order valence-corrected chi connectivity index (χ0v) is 17.8. The summed E-state index contributed by atoms with van der Waals surface area (Å²) in [5, 5.41) is 0. The summed E-state index contributed by atoms with van der Waals surface area (Å²) in [6.07, 6.45) is -3.19. The number of alkyl halides is 3. The van der Waals surface area contributed by atoms with Gasteiger partial charge < -0.3 is 15.2 Å². The Kier molecular flexibility index (Phi) is 5.11. The molecule has 6 nitrogen and oxygen atoms in total. The van der Waals surface area contributed by atoms with Gasteiger partial charge in [-0.25, -0.2) is 4.98 Å². The van der Waals surface area contributed by atoms with Crippen molar-refractivity contribution in [3.05, 3.63) is 77.0 Å². The van der Waals surface area contributed by atoms with Crippen molar-refractivity contribution in [1.82, 2.24) is 4.98 Å². The van der Waals surface area contributed by atoms with Gasteiger partial charge in [-0.05, 0) is 54.8 Å². The Balaban J connectivity index is 1.67. The Morgan fingerprint density at radius 1 is 1.09 bits per heavy atom. The molecule has 33 heavy (non-hydrogen) atoms. The minimum Gasteiger partial charge on any atom is -0.496 e. The van der Waals surface area contributed by atoms with Gasteiger partial charge in [0, 0.05) is 16.8 Å². The number of nitrogens with zero attached hydrogens (tertiary/aromatic N) is 3. The molecule has 3 aromatic rings. The second kappa shape index (κ2) is 7.99. The molecule has 170 valence electrons. The SMILES string of the molecule is COc1cccc2c1C(N(C1=Nc3ccc(N)cc3CO1)c1cccc(C(F)(F)F)n1)CC2. The Hall–Kier alpha value is -3.75. The fourth-order valence-corrected chi connectivity index (χ4v) is 4.40. The van der Waals surface area contributed by atoms with Gasteiger partial charge in [0.05, 0.1) is 18.8 Å². The van der Waals surface area contributed by atoms with Crippen molar-refractivity contribution in [2.45, 2.75) is 31.7 Å². The van der Waals surface area contributed by atoms with Gasteiger partial charge in [-0.15, -0.1) is 0 Å². The summed E-state index contributed by atoms with van der Waals surface area (Å²) in [5.41, 5.74) is 8.90. The van der Waals surface area contributed by atoms with Gasteiger partial charge in [-0.1, -0.05) is 18.2 Å². The molecule has 2 heterocycles. The van der Waals surface area contributed by atoms with Gasteiger partial charge in [0.25, 0.3) is 6.02 Å². The maximum Gasteiger partial charge on any atom is 0.433 e. The highest BCUT2D eigenvalue weighted by atomic mass is 19.4. The topological polar surface area (TPSA) is 73.0 Å². The third kappa shape index (κ3) is 3.83. The summed E-state index contributed by atoms with van der Waals surface area (Å²) in [6, 6.07) is 14.7. The highest BCUT2D eigenvalue weighted by Gasteiger charge is 2.38. The van der Waals surface area contributed by atoms with E-state index in [1.807, 2.05) is 18.2 Å². The summed E-state index contributed by atoms with van der Waals surface area (Å²) in [7, 11) is 1.58. The third-order valence-electron chi connectivity index (χ3n) is 5.86. The molecule has 5 rings (SSSR count). The number of halogens is 3. The van der Waals surface area contributed by atoms with Crippen LogP contribution in [0.2, 0.25) is 0 Å². The Labute approximate surface area is 188 Å². The number of anilines is 2. The molecule has 0 fully saturated rings. The number of methoxy groups -OCH3 is 1. The lowest BCUT2D eigenvalue weighted by molar-refractivity contribution is -0.141. The van der Waals surface area contributed by atoms with E-state index in [1.165, 1.54) is 12.1 Å². The molecule has 0 amide bonds. The van der Waals surface area contributed by atoms with Crippen molar-refractivity contribution < 1.29 is 22.6 Å². The Morgan fingerprint density at radius 3 is 2.70 bits per heavy atom. The predicted molar refractivity (Wildman–Crippen MR) is 119 cm³/mol. The minimum atomic E-state index is -4.58. The zero-order chi connectivity index (χ0) is 23.2. The minimum absolute atomic E-state index is 0.103. The predicted octanol–water partition coefficient (Wildman–Crippen LogP) is 5.40. The molecule has 1 aromatic heterocycles. The number of aliphatic imine (C=N–C) groups is 1. The number of amidine groups is 1. The van der Waals surface area contributed by atoms with Crippen LogP contribution in [0.4, 0.5) is 30.4 Å². The monoisotopic (exact) mass is 454 g/mol. The van der Waals surface area contributed by atoms with E-state index in [9.17, 15) is 13.2 Å². The van der Waals surface area contributed by atoms with Gasteiger partial charge in [0.2, 0.25) is 0 Å². The molecule has 1 aliphatic heterocycles. The molecule has 1 aliphatic carbocycles. The molecular formula is C24H21F3N4O2. The van der Waals surface area contributed by atoms with E-state index in [0.29, 0.717) is 23.5 Å². The number of hydrogen-bond acceptors (Lipinski definition) is 6. The Bertz CT molecular complexity index is 1240. The van der Waals surface area contributed by atoms with Crippen molar-refractivity contribution >= 4 is 23.2 Å². The summed E-state index contributed by atoms with van der Waals surface area (Å²) in [4.78, 5) is 10.2. The number of ether oxygens (including phenoxy) is 2. The quantitative estimate of drug-likeness (QED) is 0.537. The number of hydrogen-bond donors (Lipinski definition) is 1. The largest absolute Gasteiger partial charge is 0.496 e. The molecule has 2 aliphatic rings. The van der Waals surface area contributed by atoms with Gasteiger partial charge in [-0.3, -0.25) is 4.90 Å². The molecule has 0 saturated heterocycles. The summed E-state index contributed by atoms with van der Waals surface area (Å²) in [5.74, 6) is 0.766. The fraction of sp³-hybridized carbons (Fsp3) is 0.250. The molecule has 1 atom stereocenters. The molecule has 1 unspecified atom stereocenters. The average molecular weight is 454 g/mol. The number of aromatic nitrogens is 1. The Morgan fingerprint density at radius 2 is 1.91 bits per heavy atom. The van der Waals surface area contributed by atoms with Crippen molar-refractivity contribution in [2.24, 2.45) is 4.99 Å². The van der Waals surface area contributed by atoms with Crippen LogP contribution in [0, 0.1) is 0 Å². The lowest BCUT2D eigenvalue weighted by Crippen LogP contribution is -2.37. The van der Waals surface area contributed by atoms with Crippen molar-refractivity contribution in [3.63, 3.8) is 0 Å². The highest BCUT2D eigenvalue weighted by molar-refractivity contribution is 5.95. The van der Waals surface area contributed by atoms with Crippen LogP contribution < -0.4 is 15.4 Å². The molecule has 0 bridgehead atoms. The van der Waals surface area contributed by atoms with Crippen LogP contribution in [0.1, 0.15) is 34.8 Å². The number of rotatable bonds is 3. The summed E-state index contributed by atoms with van der Waals surface area (Å²) < 4.78 is 52.0. The number of nitrogens with two attached hydrogens (primary N) is 1. The molecular weight excluding hydrogens is 433 g/mol. The smallest absolute Gasteiger partial charge is 0.433 e. The molecule has 2 N–H and O–H groups in total. The van der Waals surface area contributed by atoms with E-state index in [0.717, 1.165) is 29.2 Å². The van der Waals surface area contributed by atoms with Crippen LogP contribution in [0.3, 0.4) is 0 Å². The first kappa shape index (κ1) is 21.1. The number of fused-ring (bicyclic) bond motifs is 2. The van der Waals surface area contributed by atoms with E-state index in [1.54, 1.807) is 30.2 Å². The number of nitrogen functional groups attached to an aromatic ring is 1. The lowest BCUT2D eigenvalue weighted by atomic mass is 10.1. The molecule has 9 heteroatoms. The van der Waals surface area contributed by atoms with Gasteiger partial charge >= 0.3 is 6.18 Å². The van der Waals surface area contributed by atoms with Crippen LogP contribution in [-0.2, 0) is 23.9 Å². The molecule has 2 aromatic carbocycles. The van der Waals surface area contributed by atoms with Gasteiger partial charge in [0.1, 0.15) is 23.9 Å². The average Bonchev–Trinajstić information content (AvgIpc) is 3.23. The van der Waals surface area contributed by atoms with Crippen molar-refractivity contribution in [3.8, 4) is 5.75 Å². The van der Waals surface area contributed by atoms with E-state index < -0.39 is 11.9 Å². The van der Waals surface area contributed by atoms with Crippen LogP contribution in [-0.4, -0.2) is 18.1 Å². The van der Waals surface area contributed by atoms with E-state index in [4.69, 9.17) is 15.2 Å². The van der Waals surface area contributed by atoms with Crippen LogP contribution >= 0.6 is 0 Å². The summed E-state index contributed by atoms with van der Waals surface area (Å²) in [6.45, 7) is 0.195. The van der Waals surface area contributed by atoms with Crippen LogP contribution in [0.15, 0.2) is 59.6 Å². The maximum absolute atomic E-state index is 13.5. The second-order valence-electron chi connectivity index (χ2n) is 7.91. The number of aryl methyl sites for hydroxylation is 1. The maximum atomic E-state index is 13.5.